The third-order valence-electron chi connectivity index (χ3n) is 2.29. The summed E-state index contributed by atoms with van der Waals surface area (Å²) >= 11 is 3.36. The largest absolute Gasteiger partial charge is 0.383 e. The monoisotopic (exact) mass is 336 g/mol. The number of aryl methyl sites for hydroxylation is 1. The Kier molecular flexibility index (Phi) is 6.07. The predicted octanol–water partition coefficient (Wildman–Crippen LogP) is 1.90. The maximum absolute atomic E-state index is 11.7. The van der Waals surface area contributed by atoms with E-state index in [-0.39, 0.29) is 6.54 Å². The van der Waals surface area contributed by atoms with Crippen molar-refractivity contribution in [1.29, 1.82) is 0 Å². The Bertz CT molecular complexity index is 491. The van der Waals surface area contributed by atoms with Gasteiger partial charge < -0.3 is 4.74 Å². The normalized spacial score (nSPS) is 11.5. The molecule has 18 heavy (non-hydrogen) atoms. The molecule has 0 saturated carbocycles. The van der Waals surface area contributed by atoms with E-state index in [9.17, 15) is 8.42 Å². The van der Waals surface area contributed by atoms with Gasteiger partial charge in [-0.25, -0.2) is 0 Å². The van der Waals surface area contributed by atoms with E-state index < -0.39 is 10.2 Å². The Labute approximate surface area is 116 Å². The molecule has 1 aromatic carbocycles. The van der Waals surface area contributed by atoms with Crippen molar-refractivity contribution in [3.63, 3.8) is 0 Å². The van der Waals surface area contributed by atoms with Crippen molar-refractivity contribution in [3.05, 3.63) is 28.2 Å². The summed E-state index contributed by atoms with van der Waals surface area (Å²) in [4.78, 5) is 0. The fraction of sp³-hybridized carbons (Fsp3) is 0.455. The number of nitrogens with one attached hydrogen (secondary N) is 2. The lowest BCUT2D eigenvalue weighted by Crippen LogP contribution is -2.32. The second-order valence-electron chi connectivity index (χ2n) is 3.65. The van der Waals surface area contributed by atoms with Gasteiger partial charge in [0.1, 0.15) is 0 Å². The highest BCUT2D eigenvalue weighted by Gasteiger charge is 2.11. The van der Waals surface area contributed by atoms with Crippen LogP contribution in [0, 0.1) is 0 Å². The molecule has 0 radical (unpaired) electrons. The standard InChI is InChI=1S/C11H17BrN2O3S/c1-3-9-8-10(12)4-5-11(9)14-18(15,16)13-6-7-17-2/h4-5,8,13-14H,3,6-7H2,1-2H3. The molecule has 0 fully saturated rings. The van der Waals surface area contributed by atoms with Crippen molar-refractivity contribution in [2.24, 2.45) is 0 Å². The van der Waals surface area contributed by atoms with E-state index in [1.807, 2.05) is 13.0 Å². The molecule has 0 amide bonds. The Balaban J connectivity index is 2.77. The minimum Gasteiger partial charge on any atom is -0.383 e. The van der Waals surface area contributed by atoms with Crippen molar-refractivity contribution >= 4 is 31.8 Å². The van der Waals surface area contributed by atoms with Crippen molar-refractivity contribution < 1.29 is 13.2 Å². The van der Waals surface area contributed by atoms with Crippen molar-refractivity contribution in [2.45, 2.75) is 13.3 Å². The highest BCUT2D eigenvalue weighted by molar-refractivity contribution is 9.10. The quantitative estimate of drug-likeness (QED) is 0.747. The summed E-state index contributed by atoms with van der Waals surface area (Å²) in [5.74, 6) is 0. The average Bonchev–Trinajstić information content (AvgIpc) is 2.31. The molecule has 0 aliphatic carbocycles. The molecule has 1 aromatic rings. The zero-order valence-corrected chi connectivity index (χ0v) is 12.8. The smallest absolute Gasteiger partial charge is 0.299 e. The molecule has 7 heteroatoms. The minimum absolute atomic E-state index is 0.240. The number of hydrogen-bond donors (Lipinski definition) is 2. The third kappa shape index (κ3) is 4.93. The van der Waals surface area contributed by atoms with E-state index in [1.165, 1.54) is 7.11 Å². The highest BCUT2D eigenvalue weighted by Crippen LogP contribution is 2.22. The van der Waals surface area contributed by atoms with Gasteiger partial charge in [0.25, 0.3) is 10.2 Å². The summed E-state index contributed by atoms with van der Waals surface area (Å²) in [6.45, 7) is 2.55. The number of benzene rings is 1. The molecule has 2 N–H and O–H groups in total. The number of methoxy groups -OCH3 is 1. The van der Waals surface area contributed by atoms with Crippen LogP contribution in [0.5, 0.6) is 0 Å². The SMILES string of the molecule is CCc1cc(Br)ccc1NS(=O)(=O)NCCOC. The molecule has 102 valence electrons. The lowest BCUT2D eigenvalue weighted by molar-refractivity contribution is 0.204. The van der Waals surface area contributed by atoms with Gasteiger partial charge in [-0.3, -0.25) is 4.72 Å². The van der Waals surface area contributed by atoms with E-state index in [0.29, 0.717) is 12.3 Å². The van der Waals surface area contributed by atoms with Crippen molar-refractivity contribution in [3.8, 4) is 0 Å². The van der Waals surface area contributed by atoms with Crippen molar-refractivity contribution in [2.75, 3.05) is 25.0 Å². The molecule has 0 heterocycles. The lowest BCUT2D eigenvalue weighted by Gasteiger charge is -2.12. The second-order valence-corrected chi connectivity index (χ2v) is 6.06. The lowest BCUT2D eigenvalue weighted by atomic mass is 10.1. The number of rotatable bonds is 7. The minimum atomic E-state index is -3.55. The molecule has 0 aliphatic heterocycles. The van der Waals surface area contributed by atoms with Crippen LogP contribution in [0.4, 0.5) is 5.69 Å². The van der Waals surface area contributed by atoms with Crippen LogP contribution >= 0.6 is 15.9 Å². The van der Waals surface area contributed by atoms with Gasteiger partial charge in [-0.2, -0.15) is 13.1 Å². The fourth-order valence-corrected chi connectivity index (χ4v) is 2.73. The predicted molar refractivity (Wildman–Crippen MR) is 75.9 cm³/mol. The Morgan fingerprint density at radius 3 is 2.72 bits per heavy atom. The number of hydrogen-bond acceptors (Lipinski definition) is 3. The van der Waals surface area contributed by atoms with E-state index >= 15 is 0 Å². The van der Waals surface area contributed by atoms with Crippen LogP contribution in [-0.4, -0.2) is 28.7 Å². The van der Waals surface area contributed by atoms with Gasteiger partial charge in [0, 0.05) is 18.1 Å². The second kappa shape index (κ2) is 7.08. The first-order valence-corrected chi connectivity index (χ1v) is 7.81. The first kappa shape index (κ1) is 15.4. The van der Waals surface area contributed by atoms with Crippen LogP contribution in [0.2, 0.25) is 0 Å². The summed E-state index contributed by atoms with van der Waals surface area (Å²) in [5, 5.41) is 0. The van der Waals surface area contributed by atoms with Crippen LogP contribution in [-0.2, 0) is 21.4 Å². The molecule has 5 nitrogen and oxygen atoms in total. The van der Waals surface area contributed by atoms with Crippen LogP contribution in [0.15, 0.2) is 22.7 Å². The Morgan fingerprint density at radius 2 is 2.11 bits per heavy atom. The van der Waals surface area contributed by atoms with E-state index in [2.05, 4.69) is 25.4 Å². The van der Waals surface area contributed by atoms with E-state index in [0.717, 1.165) is 16.5 Å². The van der Waals surface area contributed by atoms with Crippen molar-refractivity contribution in [1.82, 2.24) is 4.72 Å². The van der Waals surface area contributed by atoms with E-state index in [4.69, 9.17) is 4.74 Å². The number of anilines is 1. The number of ether oxygens (including phenoxy) is 1. The zero-order chi connectivity index (χ0) is 13.6. The zero-order valence-electron chi connectivity index (χ0n) is 10.4. The van der Waals surface area contributed by atoms with Crippen LogP contribution in [0.3, 0.4) is 0 Å². The van der Waals surface area contributed by atoms with Gasteiger partial charge in [-0.1, -0.05) is 22.9 Å². The van der Waals surface area contributed by atoms with Crippen LogP contribution < -0.4 is 9.44 Å². The maximum Gasteiger partial charge on any atom is 0.299 e. The summed E-state index contributed by atoms with van der Waals surface area (Å²) < 4.78 is 34.1. The topological polar surface area (TPSA) is 67.4 Å². The molecular weight excluding hydrogens is 320 g/mol. The maximum atomic E-state index is 11.7. The molecule has 1 rings (SSSR count). The fourth-order valence-electron chi connectivity index (χ4n) is 1.41. The number of halogens is 1. The van der Waals surface area contributed by atoms with Gasteiger partial charge in [-0.15, -0.1) is 0 Å². The molecule has 0 aliphatic rings. The third-order valence-corrected chi connectivity index (χ3v) is 3.86. The summed E-state index contributed by atoms with van der Waals surface area (Å²) in [5.41, 5.74) is 1.52. The average molecular weight is 337 g/mol. The molecular formula is C11H17BrN2O3S. The molecule has 0 aromatic heterocycles. The van der Waals surface area contributed by atoms with Gasteiger partial charge in [0.2, 0.25) is 0 Å². The van der Waals surface area contributed by atoms with Crippen LogP contribution in [0.1, 0.15) is 12.5 Å². The Morgan fingerprint density at radius 1 is 1.39 bits per heavy atom. The summed E-state index contributed by atoms with van der Waals surface area (Å²) in [6, 6.07) is 5.43. The summed E-state index contributed by atoms with van der Waals surface area (Å²) in [7, 11) is -2.03. The van der Waals surface area contributed by atoms with Gasteiger partial charge >= 0.3 is 0 Å². The van der Waals surface area contributed by atoms with E-state index in [1.54, 1.807) is 12.1 Å². The first-order valence-electron chi connectivity index (χ1n) is 5.53. The first-order chi connectivity index (χ1) is 8.48. The molecule has 0 bridgehead atoms. The van der Waals surface area contributed by atoms with Gasteiger partial charge in [-0.05, 0) is 30.2 Å². The van der Waals surface area contributed by atoms with Gasteiger partial charge in [0.05, 0.1) is 12.3 Å². The highest BCUT2D eigenvalue weighted by atomic mass is 79.9. The molecule has 0 spiro atoms. The summed E-state index contributed by atoms with van der Waals surface area (Å²) in [6.07, 6.45) is 0.745. The molecule has 0 saturated heterocycles. The van der Waals surface area contributed by atoms with Gasteiger partial charge in [0.15, 0.2) is 0 Å². The molecule has 0 atom stereocenters. The Hall–Kier alpha value is -0.630. The molecule has 0 unspecified atom stereocenters. The van der Waals surface area contributed by atoms with Crippen LogP contribution in [0.25, 0.3) is 0 Å².